The van der Waals surface area contributed by atoms with E-state index in [4.69, 9.17) is 4.74 Å². The summed E-state index contributed by atoms with van der Waals surface area (Å²) in [6, 6.07) is 9.31. The van der Waals surface area contributed by atoms with E-state index >= 15 is 0 Å². The van der Waals surface area contributed by atoms with E-state index in [-0.39, 0.29) is 17.5 Å². The number of sulfone groups is 1. The monoisotopic (exact) mass is 283 g/mol. The topological polar surface area (TPSA) is 55.4 Å². The summed E-state index contributed by atoms with van der Waals surface area (Å²) in [5.41, 5.74) is 0.847. The molecule has 0 spiro atoms. The van der Waals surface area contributed by atoms with Crippen molar-refractivity contribution in [1.29, 1.82) is 0 Å². The van der Waals surface area contributed by atoms with Gasteiger partial charge in [-0.1, -0.05) is 30.3 Å². The largest absolute Gasteiger partial charge is 0.381 e. The van der Waals surface area contributed by atoms with Gasteiger partial charge < -0.3 is 10.1 Å². The summed E-state index contributed by atoms with van der Waals surface area (Å²) in [4.78, 5) is 0. The first-order valence-electron chi connectivity index (χ1n) is 6.60. The molecule has 4 nitrogen and oxygen atoms in total. The summed E-state index contributed by atoms with van der Waals surface area (Å²) < 4.78 is 29.8. The van der Waals surface area contributed by atoms with Crippen molar-refractivity contribution in [2.24, 2.45) is 5.92 Å². The molecule has 2 unspecified atom stereocenters. The maximum absolute atomic E-state index is 12.2. The van der Waals surface area contributed by atoms with Crippen molar-refractivity contribution in [2.75, 3.05) is 26.0 Å². The van der Waals surface area contributed by atoms with E-state index in [0.29, 0.717) is 12.5 Å². The fraction of sp³-hybridized carbons (Fsp3) is 0.571. The van der Waals surface area contributed by atoms with Gasteiger partial charge in [-0.05, 0) is 19.0 Å². The standard InChI is InChI=1S/C14H21NO3S/c1-15-14(13-7-8-18-9-13)11-19(16,17)10-12-5-3-2-4-6-12/h2-6,13-15H,7-11H2,1H3. The molecular weight excluding hydrogens is 262 g/mol. The molecule has 1 aliphatic heterocycles. The van der Waals surface area contributed by atoms with E-state index in [1.165, 1.54) is 0 Å². The zero-order valence-electron chi connectivity index (χ0n) is 11.2. The summed E-state index contributed by atoms with van der Waals surface area (Å²) in [5, 5.41) is 3.13. The molecule has 5 heteroatoms. The normalized spacial score (nSPS) is 21.4. The van der Waals surface area contributed by atoms with Crippen molar-refractivity contribution in [3.05, 3.63) is 35.9 Å². The lowest BCUT2D eigenvalue weighted by atomic mass is 10.0. The SMILES string of the molecule is CNC(CS(=O)(=O)Cc1ccccc1)C1CCOC1. The van der Waals surface area contributed by atoms with E-state index in [0.717, 1.165) is 18.6 Å². The number of rotatable bonds is 6. The summed E-state index contributed by atoms with van der Waals surface area (Å²) in [7, 11) is -1.28. The van der Waals surface area contributed by atoms with Crippen molar-refractivity contribution in [3.63, 3.8) is 0 Å². The van der Waals surface area contributed by atoms with Crippen LogP contribution in [-0.4, -0.2) is 40.5 Å². The van der Waals surface area contributed by atoms with Gasteiger partial charge in [0.05, 0.1) is 18.1 Å². The molecule has 0 radical (unpaired) electrons. The van der Waals surface area contributed by atoms with Gasteiger partial charge in [0.2, 0.25) is 0 Å². The zero-order chi connectivity index (χ0) is 13.7. The number of benzene rings is 1. The van der Waals surface area contributed by atoms with Gasteiger partial charge in [0.1, 0.15) is 0 Å². The summed E-state index contributed by atoms with van der Waals surface area (Å²) in [6.07, 6.45) is 0.937. The fourth-order valence-corrected chi connectivity index (χ4v) is 4.29. The smallest absolute Gasteiger partial charge is 0.155 e. The van der Waals surface area contributed by atoms with Crippen LogP contribution in [0.5, 0.6) is 0 Å². The second-order valence-electron chi connectivity index (χ2n) is 5.06. The number of hydrogen-bond donors (Lipinski definition) is 1. The molecule has 19 heavy (non-hydrogen) atoms. The minimum absolute atomic E-state index is 0.0174. The molecule has 1 aromatic carbocycles. The van der Waals surface area contributed by atoms with Crippen LogP contribution >= 0.6 is 0 Å². The van der Waals surface area contributed by atoms with Crippen LogP contribution in [0.4, 0.5) is 0 Å². The van der Waals surface area contributed by atoms with Crippen molar-refractivity contribution in [2.45, 2.75) is 18.2 Å². The Labute approximate surface area is 115 Å². The first-order valence-corrected chi connectivity index (χ1v) is 8.42. The van der Waals surface area contributed by atoms with E-state index < -0.39 is 9.84 Å². The Kier molecular flexibility index (Phi) is 4.96. The maximum Gasteiger partial charge on any atom is 0.155 e. The quantitative estimate of drug-likeness (QED) is 0.853. The van der Waals surface area contributed by atoms with E-state index in [1.807, 2.05) is 37.4 Å². The summed E-state index contributed by atoms with van der Waals surface area (Å²) in [6.45, 7) is 1.40. The molecule has 0 aliphatic carbocycles. The Morgan fingerprint density at radius 3 is 2.68 bits per heavy atom. The molecule has 1 fully saturated rings. The van der Waals surface area contributed by atoms with E-state index in [9.17, 15) is 8.42 Å². The lowest BCUT2D eigenvalue weighted by Crippen LogP contribution is -2.40. The van der Waals surface area contributed by atoms with Gasteiger partial charge in [0, 0.05) is 18.6 Å². The number of nitrogens with one attached hydrogen (secondary N) is 1. The average molecular weight is 283 g/mol. The molecule has 2 atom stereocenters. The van der Waals surface area contributed by atoms with Crippen LogP contribution in [0.3, 0.4) is 0 Å². The molecule has 0 saturated carbocycles. The predicted molar refractivity (Wildman–Crippen MR) is 75.7 cm³/mol. The van der Waals surface area contributed by atoms with Crippen LogP contribution in [0.2, 0.25) is 0 Å². The highest BCUT2D eigenvalue weighted by Crippen LogP contribution is 2.19. The van der Waals surface area contributed by atoms with Gasteiger partial charge in [0.15, 0.2) is 9.84 Å². The molecule has 0 amide bonds. The van der Waals surface area contributed by atoms with Gasteiger partial charge in [-0.25, -0.2) is 8.42 Å². The van der Waals surface area contributed by atoms with Gasteiger partial charge >= 0.3 is 0 Å². The van der Waals surface area contributed by atoms with Gasteiger partial charge in [-0.2, -0.15) is 0 Å². The lowest BCUT2D eigenvalue weighted by molar-refractivity contribution is 0.179. The van der Waals surface area contributed by atoms with Crippen LogP contribution in [0.1, 0.15) is 12.0 Å². The van der Waals surface area contributed by atoms with Gasteiger partial charge in [0.25, 0.3) is 0 Å². The molecule has 1 saturated heterocycles. The van der Waals surface area contributed by atoms with Crippen LogP contribution in [-0.2, 0) is 20.3 Å². The maximum atomic E-state index is 12.2. The van der Waals surface area contributed by atoms with Crippen molar-refractivity contribution < 1.29 is 13.2 Å². The predicted octanol–water partition coefficient (Wildman–Crippen LogP) is 1.23. The Hall–Kier alpha value is -0.910. The highest BCUT2D eigenvalue weighted by molar-refractivity contribution is 7.90. The summed E-state index contributed by atoms with van der Waals surface area (Å²) >= 11 is 0. The Morgan fingerprint density at radius 2 is 2.11 bits per heavy atom. The van der Waals surface area contributed by atoms with Crippen molar-refractivity contribution in [3.8, 4) is 0 Å². The lowest BCUT2D eigenvalue weighted by Gasteiger charge is -2.21. The highest BCUT2D eigenvalue weighted by atomic mass is 32.2. The minimum atomic E-state index is -3.10. The molecule has 106 valence electrons. The third-order valence-electron chi connectivity index (χ3n) is 3.57. The Morgan fingerprint density at radius 1 is 1.37 bits per heavy atom. The number of hydrogen-bond acceptors (Lipinski definition) is 4. The van der Waals surface area contributed by atoms with Crippen LogP contribution < -0.4 is 5.32 Å². The molecule has 1 aromatic rings. The highest BCUT2D eigenvalue weighted by Gasteiger charge is 2.28. The molecule has 1 N–H and O–H groups in total. The summed E-state index contributed by atoms with van der Waals surface area (Å²) in [5.74, 6) is 0.585. The minimum Gasteiger partial charge on any atom is -0.381 e. The van der Waals surface area contributed by atoms with Crippen LogP contribution in [0.15, 0.2) is 30.3 Å². The van der Waals surface area contributed by atoms with Crippen molar-refractivity contribution in [1.82, 2.24) is 5.32 Å². The fourth-order valence-electron chi connectivity index (χ4n) is 2.49. The van der Waals surface area contributed by atoms with Crippen LogP contribution in [0.25, 0.3) is 0 Å². The molecule has 1 aliphatic rings. The van der Waals surface area contributed by atoms with Crippen molar-refractivity contribution >= 4 is 9.84 Å². The first-order chi connectivity index (χ1) is 9.11. The second-order valence-corrected chi connectivity index (χ2v) is 7.17. The van der Waals surface area contributed by atoms with Gasteiger partial charge in [-0.15, -0.1) is 0 Å². The second kappa shape index (κ2) is 6.50. The van der Waals surface area contributed by atoms with E-state index in [1.54, 1.807) is 0 Å². The number of ether oxygens (including phenoxy) is 1. The Balaban J connectivity index is 1.99. The molecule has 0 aromatic heterocycles. The molecule has 0 bridgehead atoms. The molecular formula is C14H21NO3S. The van der Waals surface area contributed by atoms with Gasteiger partial charge in [-0.3, -0.25) is 0 Å². The zero-order valence-corrected chi connectivity index (χ0v) is 12.0. The third kappa shape index (κ3) is 4.30. The average Bonchev–Trinajstić information content (AvgIpc) is 2.90. The Bertz CT molecular complexity index is 481. The molecule has 2 rings (SSSR count). The third-order valence-corrected chi connectivity index (χ3v) is 5.21. The molecule has 1 heterocycles. The first kappa shape index (κ1) is 14.5. The van der Waals surface area contributed by atoms with E-state index in [2.05, 4.69) is 5.32 Å². The van der Waals surface area contributed by atoms with Crippen LogP contribution in [0, 0.1) is 5.92 Å².